The molecule has 1 saturated heterocycles. The quantitative estimate of drug-likeness (QED) is 0.223. The van der Waals surface area contributed by atoms with Gasteiger partial charge in [-0.05, 0) is 69.5 Å². The minimum Gasteiger partial charge on any atom is -0.507 e. The zero-order valence-corrected chi connectivity index (χ0v) is 27.3. The lowest BCUT2D eigenvalue weighted by atomic mass is 9.78. The van der Waals surface area contributed by atoms with Crippen LogP contribution in [0.5, 0.6) is 5.75 Å². The topological polar surface area (TPSA) is 43.8 Å². The van der Waals surface area contributed by atoms with Crippen molar-refractivity contribution in [2.45, 2.75) is 58.0 Å². The number of para-hydroxylation sites is 2. The second-order valence-electron chi connectivity index (χ2n) is 12.9. The molecule has 4 aromatic rings. The average molecular weight is 632 g/mol. The van der Waals surface area contributed by atoms with Gasteiger partial charge >= 0.3 is 0 Å². The molecular weight excluding hydrogens is 591 g/mol. The van der Waals surface area contributed by atoms with E-state index in [1.165, 1.54) is 0 Å². The van der Waals surface area contributed by atoms with Crippen LogP contribution in [0.25, 0.3) is 0 Å². The highest BCUT2D eigenvalue weighted by molar-refractivity contribution is 9.10. The molecule has 0 radical (unpaired) electrons. The summed E-state index contributed by atoms with van der Waals surface area (Å²) in [7, 11) is -3.39. The Bertz CT molecular complexity index is 1470. The van der Waals surface area contributed by atoms with Crippen LogP contribution in [0.4, 0.5) is 11.4 Å². The van der Waals surface area contributed by atoms with Crippen molar-refractivity contribution >= 4 is 34.7 Å². The fourth-order valence-corrected chi connectivity index (χ4v) is 9.72. The molecule has 1 fully saturated rings. The molecule has 0 bridgehead atoms. The molecule has 1 unspecified atom stereocenters. The molecule has 1 N–H and O–H groups in total. The summed E-state index contributed by atoms with van der Waals surface area (Å²) in [4.78, 5) is 0. The fraction of sp³-hybridized carbons (Fsp3) is 0.314. The minimum absolute atomic E-state index is 0.313. The number of halogens is 1. The number of phenols is 1. The van der Waals surface area contributed by atoms with Gasteiger partial charge in [-0.2, -0.15) is 0 Å². The van der Waals surface area contributed by atoms with Gasteiger partial charge < -0.3 is 14.4 Å². The molecule has 0 saturated carbocycles. The van der Waals surface area contributed by atoms with E-state index in [1.54, 1.807) is 0 Å². The molecule has 1 aliphatic rings. The number of aromatic hydroxyl groups is 1. The van der Waals surface area contributed by atoms with Gasteiger partial charge in [-0.15, -0.1) is 0 Å². The van der Waals surface area contributed by atoms with Crippen LogP contribution in [0.2, 0.25) is 0 Å². The number of hydrogen-bond donors (Lipinski definition) is 1. The maximum atomic E-state index is 16.2. The molecule has 0 aromatic heterocycles. The van der Waals surface area contributed by atoms with E-state index in [-0.39, 0.29) is 10.8 Å². The van der Waals surface area contributed by atoms with Crippen LogP contribution in [0, 0.1) is 0 Å². The summed E-state index contributed by atoms with van der Waals surface area (Å²) in [5.41, 5.74) is 4.46. The molecule has 0 aliphatic carbocycles. The zero-order chi connectivity index (χ0) is 29.6. The van der Waals surface area contributed by atoms with E-state index >= 15 is 4.57 Å². The second kappa shape index (κ2) is 11.0. The Kier molecular flexibility index (Phi) is 7.91. The summed E-state index contributed by atoms with van der Waals surface area (Å²) in [6.07, 6.45) is 0. The minimum atomic E-state index is -3.39. The van der Waals surface area contributed by atoms with Crippen LogP contribution in [0.15, 0.2) is 102 Å². The predicted octanol–water partition coefficient (Wildman–Crippen LogP) is 10.1. The summed E-state index contributed by atoms with van der Waals surface area (Å²) in [5.74, 6) is 0.327. The third kappa shape index (κ3) is 5.59. The first-order chi connectivity index (χ1) is 19.3. The molecule has 1 atom stereocenters. The second-order valence-corrected chi connectivity index (χ2v) is 16.5. The van der Waals surface area contributed by atoms with Crippen molar-refractivity contribution in [3.63, 3.8) is 0 Å². The standard InChI is InChI=1S/C35H40BrN2O2P/c1-34(2,3)30-23-26(24-31(32(30)39)35(4,5)6)33(25-17-19-27(36)20-18-25)41(40)37(28-13-9-7-10-14-28)21-22-38(41)29-15-11-8-12-16-29/h7-20,23-24,33,39H,21-22H2,1-6H3. The average Bonchev–Trinajstić information content (AvgIpc) is 3.27. The van der Waals surface area contributed by atoms with E-state index in [0.717, 1.165) is 38.1 Å². The summed E-state index contributed by atoms with van der Waals surface area (Å²) >= 11 is 3.61. The first kappa shape index (κ1) is 29.5. The molecular formula is C35H40BrN2O2P. The Morgan fingerprint density at radius 1 is 0.683 bits per heavy atom. The summed E-state index contributed by atoms with van der Waals surface area (Å²) in [6, 6.07) is 32.7. The Hall–Kier alpha value is -3.01. The molecule has 1 heterocycles. The lowest BCUT2D eigenvalue weighted by molar-refractivity contribution is 0.422. The predicted molar refractivity (Wildman–Crippen MR) is 177 cm³/mol. The first-order valence-corrected chi connectivity index (χ1v) is 16.7. The third-order valence-electron chi connectivity index (χ3n) is 7.91. The number of nitrogens with zero attached hydrogens (tertiary/aromatic N) is 2. The van der Waals surface area contributed by atoms with E-state index in [2.05, 4.69) is 115 Å². The highest BCUT2D eigenvalue weighted by Crippen LogP contribution is 2.71. The van der Waals surface area contributed by atoms with Gasteiger partial charge in [0.2, 0.25) is 0 Å². The maximum absolute atomic E-state index is 16.2. The molecule has 1 aliphatic heterocycles. The summed E-state index contributed by atoms with van der Waals surface area (Å²) in [5, 5.41) is 11.6. The maximum Gasteiger partial charge on any atom is 0.274 e. The fourth-order valence-electron chi connectivity index (χ4n) is 5.86. The largest absolute Gasteiger partial charge is 0.507 e. The van der Waals surface area contributed by atoms with Gasteiger partial charge in [0.25, 0.3) is 7.44 Å². The smallest absolute Gasteiger partial charge is 0.274 e. The van der Waals surface area contributed by atoms with Gasteiger partial charge in [-0.3, -0.25) is 4.57 Å². The van der Waals surface area contributed by atoms with Gasteiger partial charge in [-0.25, -0.2) is 0 Å². The Labute approximate surface area is 253 Å². The van der Waals surface area contributed by atoms with E-state index in [0.29, 0.717) is 18.8 Å². The highest BCUT2D eigenvalue weighted by atomic mass is 79.9. The van der Waals surface area contributed by atoms with Crippen molar-refractivity contribution < 1.29 is 9.67 Å². The Morgan fingerprint density at radius 2 is 1.10 bits per heavy atom. The van der Waals surface area contributed by atoms with E-state index < -0.39 is 13.1 Å². The van der Waals surface area contributed by atoms with E-state index in [1.807, 2.05) is 48.5 Å². The Balaban J connectivity index is 1.86. The van der Waals surface area contributed by atoms with Crippen LogP contribution in [0.3, 0.4) is 0 Å². The summed E-state index contributed by atoms with van der Waals surface area (Å²) in [6.45, 7) is 14.0. The van der Waals surface area contributed by atoms with Crippen LogP contribution in [-0.2, 0) is 15.4 Å². The van der Waals surface area contributed by atoms with Crippen molar-refractivity contribution in [2.75, 3.05) is 22.4 Å². The number of phenolic OH excluding ortho intramolecular Hbond substituents is 1. The van der Waals surface area contributed by atoms with Crippen LogP contribution >= 0.6 is 23.4 Å². The van der Waals surface area contributed by atoms with Gasteiger partial charge in [0.05, 0.1) is 5.66 Å². The lowest BCUT2D eigenvalue weighted by Gasteiger charge is -2.39. The van der Waals surface area contributed by atoms with Crippen molar-refractivity contribution in [1.82, 2.24) is 0 Å². The third-order valence-corrected chi connectivity index (χ3v) is 12.0. The Morgan fingerprint density at radius 3 is 1.49 bits per heavy atom. The van der Waals surface area contributed by atoms with Gasteiger partial charge in [0, 0.05) is 28.9 Å². The van der Waals surface area contributed by atoms with Crippen LogP contribution < -0.4 is 9.34 Å². The molecule has 5 rings (SSSR count). The molecule has 6 heteroatoms. The molecule has 4 aromatic carbocycles. The van der Waals surface area contributed by atoms with Crippen molar-refractivity contribution in [3.8, 4) is 5.75 Å². The van der Waals surface area contributed by atoms with E-state index in [9.17, 15) is 5.11 Å². The van der Waals surface area contributed by atoms with Gasteiger partial charge in [0.15, 0.2) is 0 Å². The molecule has 0 amide bonds. The number of rotatable bonds is 5. The van der Waals surface area contributed by atoms with Crippen molar-refractivity contribution in [2.24, 2.45) is 0 Å². The molecule has 0 spiro atoms. The molecule has 4 nitrogen and oxygen atoms in total. The van der Waals surface area contributed by atoms with E-state index in [4.69, 9.17) is 0 Å². The monoisotopic (exact) mass is 630 g/mol. The van der Waals surface area contributed by atoms with Crippen LogP contribution in [-0.4, -0.2) is 18.2 Å². The molecule has 214 valence electrons. The number of anilines is 2. The SMILES string of the molecule is CC(C)(C)c1cc(C(c2ccc(Br)cc2)P2(=O)N(c3ccccc3)CCN2c2ccccc2)cc(C(C)(C)C)c1O. The first-order valence-electron chi connectivity index (χ1n) is 14.2. The molecule has 41 heavy (non-hydrogen) atoms. The van der Waals surface area contributed by atoms with Crippen molar-refractivity contribution in [3.05, 3.63) is 124 Å². The van der Waals surface area contributed by atoms with Crippen molar-refractivity contribution in [1.29, 1.82) is 0 Å². The lowest BCUT2D eigenvalue weighted by Crippen LogP contribution is -2.26. The van der Waals surface area contributed by atoms with Crippen LogP contribution in [0.1, 0.15) is 69.5 Å². The van der Waals surface area contributed by atoms with Gasteiger partial charge in [-0.1, -0.05) is 118 Å². The highest BCUT2D eigenvalue weighted by Gasteiger charge is 2.51. The van der Waals surface area contributed by atoms with Gasteiger partial charge in [0.1, 0.15) is 5.75 Å². The normalized spacial score (nSPS) is 16.2. The summed E-state index contributed by atoms with van der Waals surface area (Å²) < 4.78 is 21.5. The number of hydrogen-bond acceptors (Lipinski definition) is 2. The zero-order valence-electron chi connectivity index (χ0n) is 24.8. The number of benzene rings is 4.